The molecule has 0 aromatic heterocycles. The Morgan fingerprint density at radius 3 is 2.35 bits per heavy atom. The first-order valence-corrected chi connectivity index (χ1v) is 6.71. The quantitative estimate of drug-likeness (QED) is 0.819. The summed E-state index contributed by atoms with van der Waals surface area (Å²) < 4.78 is 0. The molecule has 1 aromatic rings. The molecule has 0 spiro atoms. The van der Waals surface area contributed by atoms with E-state index in [0.29, 0.717) is 6.04 Å². The van der Waals surface area contributed by atoms with Crippen LogP contribution in [-0.2, 0) is 13.2 Å². The average molecular weight is 233 g/mol. The van der Waals surface area contributed by atoms with Crippen molar-refractivity contribution in [2.75, 3.05) is 0 Å². The number of rotatable bonds is 5. The fourth-order valence-electron chi connectivity index (χ4n) is 2.67. The summed E-state index contributed by atoms with van der Waals surface area (Å²) in [6, 6.07) is 8.81. The topological polar surface area (TPSA) is 32.3 Å². The third-order valence-electron chi connectivity index (χ3n) is 3.94. The molecule has 2 rings (SSSR count). The van der Waals surface area contributed by atoms with Gasteiger partial charge in [-0.3, -0.25) is 0 Å². The van der Waals surface area contributed by atoms with Crippen LogP contribution in [0.4, 0.5) is 0 Å². The van der Waals surface area contributed by atoms with Crippen LogP contribution in [0.25, 0.3) is 0 Å². The van der Waals surface area contributed by atoms with E-state index in [1.807, 2.05) is 12.1 Å². The van der Waals surface area contributed by atoms with Crippen LogP contribution in [0, 0.1) is 5.92 Å². The Labute approximate surface area is 104 Å². The molecule has 94 valence electrons. The lowest BCUT2D eigenvalue weighted by Gasteiger charge is -2.20. The zero-order valence-corrected chi connectivity index (χ0v) is 10.7. The number of benzene rings is 1. The Morgan fingerprint density at radius 2 is 1.76 bits per heavy atom. The Balaban J connectivity index is 1.80. The maximum absolute atomic E-state index is 8.97. The lowest BCUT2D eigenvalue weighted by Crippen LogP contribution is -2.31. The van der Waals surface area contributed by atoms with Crippen molar-refractivity contribution in [1.82, 2.24) is 5.32 Å². The minimum Gasteiger partial charge on any atom is -0.392 e. The van der Waals surface area contributed by atoms with Gasteiger partial charge in [0.05, 0.1) is 6.61 Å². The van der Waals surface area contributed by atoms with E-state index in [1.165, 1.54) is 31.2 Å². The molecular weight excluding hydrogens is 210 g/mol. The molecule has 1 fully saturated rings. The highest BCUT2D eigenvalue weighted by Crippen LogP contribution is 2.27. The van der Waals surface area contributed by atoms with Gasteiger partial charge in [0.1, 0.15) is 0 Å². The average Bonchev–Trinajstić information content (AvgIpc) is 2.90. The van der Waals surface area contributed by atoms with Crippen molar-refractivity contribution >= 4 is 0 Å². The second-order valence-corrected chi connectivity index (χ2v) is 5.19. The normalized spacial score (nSPS) is 18.5. The van der Waals surface area contributed by atoms with Crippen LogP contribution < -0.4 is 5.32 Å². The molecule has 1 aromatic carbocycles. The van der Waals surface area contributed by atoms with E-state index in [-0.39, 0.29) is 6.61 Å². The Morgan fingerprint density at radius 1 is 1.18 bits per heavy atom. The Hall–Kier alpha value is -0.860. The predicted octanol–water partition coefficient (Wildman–Crippen LogP) is 2.85. The van der Waals surface area contributed by atoms with E-state index >= 15 is 0 Å². The third-order valence-corrected chi connectivity index (χ3v) is 3.94. The summed E-state index contributed by atoms with van der Waals surface area (Å²) in [5.74, 6) is 0.867. The number of aliphatic hydroxyl groups is 1. The van der Waals surface area contributed by atoms with Crippen LogP contribution in [0.2, 0.25) is 0 Å². The zero-order valence-electron chi connectivity index (χ0n) is 10.7. The minimum absolute atomic E-state index is 0.131. The first kappa shape index (κ1) is 12.6. The smallest absolute Gasteiger partial charge is 0.0681 e. The number of nitrogens with one attached hydrogen (secondary N) is 1. The molecule has 0 unspecified atom stereocenters. The van der Waals surface area contributed by atoms with Gasteiger partial charge in [0.15, 0.2) is 0 Å². The van der Waals surface area contributed by atoms with Crippen molar-refractivity contribution in [3.05, 3.63) is 35.4 Å². The molecule has 1 aliphatic rings. The van der Waals surface area contributed by atoms with Crippen molar-refractivity contribution in [3.63, 3.8) is 0 Å². The van der Waals surface area contributed by atoms with Crippen molar-refractivity contribution in [2.45, 2.75) is 51.8 Å². The van der Waals surface area contributed by atoms with Crippen LogP contribution >= 0.6 is 0 Å². The fourth-order valence-corrected chi connectivity index (χ4v) is 2.67. The van der Waals surface area contributed by atoms with Gasteiger partial charge in [-0.05, 0) is 36.8 Å². The highest BCUT2D eigenvalue weighted by Gasteiger charge is 2.20. The molecule has 2 nitrogen and oxygen atoms in total. The fraction of sp³-hybridized carbons (Fsp3) is 0.600. The summed E-state index contributed by atoms with van der Waals surface area (Å²) in [4.78, 5) is 0. The highest BCUT2D eigenvalue weighted by atomic mass is 16.3. The molecule has 1 atom stereocenters. The van der Waals surface area contributed by atoms with Crippen LogP contribution in [0.15, 0.2) is 24.3 Å². The van der Waals surface area contributed by atoms with Gasteiger partial charge in [-0.25, -0.2) is 0 Å². The second kappa shape index (κ2) is 6.18. The summed E-state index contributed by atoms with van der Waals surface area (Å²) in [5, 5.41) is 12.6. The van der Waals surface area contributed by atoms with E-state index in [2.05, 4.69) is 24.4 Å². The van der Waals surface area contributed by atoms with Crippen molar-refractivity contribution in [1.29, 1.82) is 0 Å². The van der Waals surface area contributed by atoms with Gasteiger partial charge < -0.3 is 10.4 Å². The largest absolute Gasteiger partial charge is 0.392 e. The number of hydrogen-bond donors (Lipinski definition) is 2. The molecule has 0 radical (unpaired) electrons. The van der Waals surface area contributed by atoms with Gasteiger partial charge >= 0.3 is 0 Å². The lowest BCUT2D eigenvalue weighted by atomic mass is 9.99. The summed E-state index contributed by atoms with van der Waals surface area (Å²) in [5.41, 5.74) is 2.28. The van der Waals surface area contributed by atoms with Crippen molar-refractivity contribution in [2.24, 2.45) is 5.92 Å². The van der Waals surface area contributed by atoms with Crippen LogP contribution in [-0.4, -0.2) is 11.1 Å². The molecule has 0 bridgehead atoms. The van der Waals surface area contributed by atoms with Gasteiger partial charge in [-0.2, -0.15) is 0 Å². The first-order valence-electron chi connectivity index (χ1n) is 6.71. The Kier molecular flexibility index (Phi) is 4.57. The monoisotopic (exact) mass is 233 g/mol. The molecule has 0 heterocycles. The molecule has 0 amide bonds. The van der Waals surface area contributed by atoms with E-state index in [1.54, 1.807) is 0 Å². The van der Waals surface area contributed by atoms with Crippen LogP contribution in [0.3, 0.4) is 0 Å². The Bertz CT molecular complexity index is 327. The maximum atomic E-state index is 8.97. The molecule has 2 N–H and O–H groups in total. The van der Waals surface area contributed by atoms with Gasteiger partial charge in [-0.15, -0.1) is 0 Å². The van der Waals surface area contributed by atoms with Gasteiger partial charge in [-0.1, -0.05) is 37.1 Å². The summed E-state index contributed by atoms with van der Waals surface area (Å²) in [6.07, 6.45) is 5.58. The lowest BCUT2D eigenvalue weighted by molar-refractivity contribution is 0.282. The summed E-state index contributed by atoms with van der Waals surface area (Å²) in [6.45, 7) is 3.37. The number of hydrogen-bond acceptors (Lipinski definition) is 2. The molecular formula is C15H23NO. The predicted molar refractivity (Wildman–Crippen MR) is 70.6 cm³/mol. The SMILES string of the molecule is C[C@@H](NCc1ccc(CO)cc1)C1CCCC1. The summed E-state index contributed by atoms with van der Waals surface area (Å²) in [7, 11) is 0. The van der Waals surface area contributed by atoms with E-state index < -0.39 is 0 Å². The second-order valence-electron chi connectivity index (χ2n) is 5.19. The number of aliphatic hydroxyl groups excluding tert-OH is 1. The van der Waals surface area contributed by atoms with Crippen molar-refractivity contribution in [3.8, 4) is 0 Å². The van der Waals surface area contributed by atoms with Crippen molar-refractivity contribution < 1.29 is 5.11 Å². The highest BCUT2D eigenvalue weighted by molar-refractivity contribution is 5.21. The van der Waals surface area contributed by atoms with Gasteiger partial charge in [0, 0.05) is 12.6 Å². The third kappa shape index (κ3) is 3.55. The maximum Gasteiger partial charge on any atom is 0.0681 e. The standard InChI is InChI=1S/C15H23NO/c1-12(15-4-2-3-5-15)16-10-13-6-8-14(11-17)9-7-13/h6-9,12,15-17H,2-5,10-11H2,1H3/t12-/m1/s1. The van der Waals surface area contributed by atoms with Gasteiger partial charge in [0.2, 0.25) is 0 Å². The van der Waals surface area contributed by atoms with Gasteiger partial charge in [0.25, 0.3) is 0 Å². The molecule has 17 heavy (non-hydrogen) atoms. The summed E-state index contributed by atoms with van der Waals surface area (Å²) >= 11 is 0. The van der Waals surface area contributed by atoms with Crippen LogP contribution in [0.1, 0.15) is 43.7 Å². The molecule has 1 aliphatic carbocycles. The molecule has 0 saturated heterocycles. The first-order chi connectivity index (χ1) is 8.29. The zero-order chi connectivity index (χ0) is 12.1. The van der Waals surface area contributed by atoms with E-state index in [0.717, 1.165) is 18.0 Å². The molecule has 1 saturated carbocycles. The van der Waals surface area contributed by atoms with E-state index in [4.69, 9.17) is 5.11 Å². The molecule has 0 aliphatic heterocycles. The van der Waals surface area contributed by atoms with Crippen LogP contribution in [0.5, 0.6) is 0 Å². The minimum atomic E-state index is 0.131. The van der Waals surface area contributed by atoms with E-state index in [9.17, 15) is 0 Å². The molecule has 2 heteroatoms.